The zero-order valence-corrected chi connectivity index (χ0v) is 18.7. The van der Waals surface area contributed by atoms with E-state index >= 15 is 0 Å². The Labute approximate surface area is 176 Å². The van der Waals surface area contributed by atoms with E-state index in [9.17, 15) is 15.0 Å². The van der Waals surface area contributed by atoms with Gasteiger partial charge in [0.2, 0.25) is 0 Å². The first-order chi connectivity index (χ1) is 14.0. The number of aliphatic hydroxyl groups is 3. The van der Waals surface area contributed by atoms with Gasteiger partial charge >= 0.3 is 5.97 Å². The van der Waals surface area contributed by atoms with Crippen LogP contribution < -0.4 is 0 Å². The van der Waals surface area contributed by atoms with E-state index in [0.29, 0.717) is 19.3 Å². The van der Waals surface area contributed by atoms with Crippen molar-refractivity contribution in [3.8, 4) is 0 Å². The van der Waals surface area contributed by atoms with Crippen LogP contribution in [0.15, 0.2) is 0 Å². The maximum Gasteiger partial charge on any atom is 0.305 e. The molecule has 0 aromatic carbocycles. The van der Waals surface area contributed by atoms with E-state index in [2.05, 4.69) is 6.92 Å². The number of ether oxygens (including phenoxy) is 3. The number of methoxy groups -OCH3 is 2. The normalized spacial score (nSPS) is 15.7. The molecule has 0 rings (SSSR count). The molecule has 0 bridgehead atoms. The molecule has 3 N–H and O–H groups in total. The van der Waals surface area contributed by atoms with Crippen molar-refractivity contribution in [1.29, 1.82) is 0 Å². The predicted octanol–water partition coefficient (Wildman–Crippen LogP) is 2.97. The third kappa shape index (κ3) is 14.8. The Morgan fingerprint density at radius 2 is 1.45 bits per heavy atom. The molecule has 0 amide bonds. The molecular formula is C22H44O7. The maximum absolute atomic E-state index is 11.3. The Hall–Kier alpha value is -0.730. The maximum atomic E-state index is 11.3. The van der Waals surface area contributed by atoms with Gasteiger partial charge in [-0.1, -0.05) is 51.9 Å². The van der Waals surface area contributed by atoms with Gasteiger partial charge < -0.3 is 29.5 Å². The molecule has 4 unspecified atom stereocenters. The van der Waals surface area contributed by atoms with Gasteiger partial charge in [-0.15, -0.1) is 0 Å². The fraction of sp³-hybridized carbons (Fsp3) is 0.955. The molecule has 0 saturated carbocycles. The summed E-state index contributed by atoms with van der Waals surface area (Å²) in [4.78, 5) is 11.3. The lowest BCUT2D eigenvalue weighted by Crippen LogP contribution is -2.37. The van der Waals surface area contributed by atoms with Gasteiger partial charge in [0.1, 0.15) is 6.61 Å². The minimum Gasteiger partial charge on any atom is -0.463 e. The number of esters is 1. The predicted molar refractivity (Wildman–Crippen MR) is 113 cm³/mol. The quantitative estimate of drug-likeness (QED) is 0.205. The lowest BCUT2D eigenvalue weighted by Gasteiger charge is -2.28. The summed E-state index contributed by atoms with van der Waals surface area (Å²) in [6.45, 7) is 2.07. The van der Waals surface area contributed by atoms with Crippen LogP contribution in [0.3, 0.4) is 0 Å². The first-order valence-corrected chi connectivity index (χ1v) is 11.2. The van der Waals surface area contributed by atoms with Crippen LogP contribution in [0.2, 0.25) is 0 Å². The SMILES string of the molecule is CCCCCC(OC)C(O)CC(OC)C(O)CCCCCCCC(=O)OCCO. The first-order valence-electron chi connectivity index (χ1n) is 11.2. The fourth-order valence-corrected chi connectivity index (χ4v) is 3.43. The molecule has 0 saturated heterocycles. The molecule has 174 valence electrons. The van der Waals surface area contributed by atoms with Gasteiger partial charge in [0.15, 0.2) is 0 Å². The summed E-state index contributed by atoms with van der Waals surface area (Å²) in [5.74, 6) is -0.264. The van der Waals surface area contributed by atoms with Crippen molar-refractivity contribution in [3.63, 3.8) is 0 Å². The Morgan fingerprint density at radius 3 is 2.07 bits per heavy atom. The van der Waals surface area contributed by atoms with E-state index in [1.165, 1.54) is 0 Å². The van der Waals surface area contributed by atoms with Crippen LogP contribution in [0, 0.1) is 0 Å². The van der Waals surface area contributed by atoms with E-state index in [0.717, 1.165) is 57.8 Å². The summed E-state index contributed by atoms with van der Waals surface area (Å²) in [6, 6.07) is 0. The highest BCUT2D eigenvalue weighted by atomic mass is 16.5. The Bertz CT molecular complexity index is 378. The third-order valence-electron chi connectivity index (χ3n) is 5.26. The highest BCUT2D eigenvalue weighted by Gasteiger charge is 2.26. The molecule has 0 aliphatic heterocycles. The Balaban J connectivity index is 3.98. The second kappa shape index (κ2) is 19.2. The van der Waals surface area contributed by atoms with Gasteiger partial charge in [-0.2, -0.15) is 0 Å². The van der Waals surface area contributed by atoms with Crippen LogP contribution in [-0.2, 0) is 19.0 Å². The molecular weight excluding hydrogens is 376 g/mol. The third-order valence-corrected chi connectivity index (χ3v) is 5.26. The minimum atomic E-state index is -0.651. The zero-order chi connectivity index (χ0) is 21.9. The second-order valence-corrected chi connectivity index (χ2v) is 7.67. The van der Waals surface area contributed by atoms with Crippen LogP contribution in [0.5, 0.6) is 0 Å². The molecule has 0 fully saturated rings. The van der Waals surface area contributed by atoms with Gasteiger partial charge in [0.25, 0.3) is 0 Å². The average molecular weight is 421 g/mol. The average Bonchev–Trinajstić information content (AvgIpc) is 2.72. The smallest absolute Gasteiger partial charge is 0.305 e. The van der Waals surface area contributed by atoms with Crippen molar-refractivity contribution >= 4 is 5.97 Å². The molecule has 29 heavy (non-hydrogen) atoms. The summed E-state index contributed by atoms with van der Waals surface area (Å²) >= 11 is 0. The molecule has 0 heterocycles. The van der Waals surface area contributed by atoms with Crippen molar-refractivity contribution in [3.05, 3.63) is 0 Å². The van der Waals surface area contributed by atoms with Crippen LogP contribution in [0.4, 0.5) is 0 Å². The van der Waals surface area contributed by atoms with Crippen LogP contribution in [0.25, 0.3) is 0 Å². The zero-order valence-electron chi connectivity index (χ0n) is 18.7. The van der Waals surface area contributed by atoms with Crippen molar-refractivity contribution in [2.24, 2.45) is 0 Å². The minimum absolute atomic E-state index is 0.0654. The van der Waals surface area contributed by atoms with E-state index in [1.54, 1.807) is 14.2 Å². The van der Waals surface area contributed by atoms with Crippen molar-refractivity contribution in [1.82, 2.24) is 0 Å². The van der Waals surface area contributed by atoms with Crippen LogP contribution >= 0.6 is 0 Å². The lowest BCUT2D eigenvalue weighted by atomic mass is 9.96. The topological polar surface area (TPSA) is 105 Å². The largest absolute Gasteiger partial charge is 0.463 e. The van der Waals surface area contributed by atoms with E-state index < -0.39 is 18.3 Å². The Morgan fingerprint density at radius 1 is 0.828 bits per heavy atom. The van der Waals surface area contributed by atoms with Crippen LogP contribution in [0.1, 0.15) is 84.0 Å². The van der Waals surface area contributed by atoms with Crippen LogP contribution in [-0.4, -0.2) is 73.1 Å². The number of unbranched alkanes of at least 4 members (excludes halogenated alkanes) is 6. The summed E-state index contributed by atoms with van der Waals surface area (Å²) in [6.07, 6.45) is 8.08. The summed E-state index contributed by atoms with van der Waals surface area (Å²) in [5.41, 5.74) is 0. The fourth-order valence-electron chi connectivity index (χ4n) is 3.43. The molecule has 0 spiro atoms. The highest BCUT2D eigenvalue weighted by Crippen LogP contribution is 2.19. The van der Waals surface area contributed by atoms with Crippen molar-refractivity contribution in [2.75, 3.05) is 27.4 Å². The lowest BCUT2D eigenvalue weighted by molar-refractivity contribution is -0.144. The van der Waals surface area contributed by atoms with Crippen molar-refractivity contribution in [2.45, 2.75) is 108 Å². The van der Waals surface area contributed by atoms with E-state index in [-0.39, 0.29) is 25.3 Å². The molecule has 4 atom stereocenters. The van der Waals surface area contributed by atoms with E-state index in [4.69, 9.17) is 19.3 Å². The molecule has 0 aliphatic rings. The van der Waals surface area contributed by atoms with Crippen molar-refractivity contribution < 1.29 is 34.3 Å². The first kappa shape index (κ1) is 28.3. The summed E-state index contributed by atoms with van der Waals surface area (Å²) in [5, 5.41) is 29.5. The molecule has 7 nitrogen and oxygen atoms in total. The number of aliphatic hydroxyl groups excluding tert-OH is 3. The molecule has 0 aliphatic carbocycles. The molecule has 7 heteroatoms. The van der Waals surface area contributed by atoms with Gasteiger partial charge in [0.05, 0.1) is 31.0 Å². The number of hydrogen-bond acceptors (Lipinski definition) is 7. The van der Waals surface area contributed by atoms with Gasteiger partial charge in [-0.05, 0) is 19.3 Å². The second-order valence-electron chi connectivity index (χ2n) is 7.67. The number of carbonyl (C=O) groups is 1. The number of hydrogen-bond donors (Lipinski definition) is 3. The number of rotatable bonds is 20. The molecule has 0 aromatic rings. The molecule has 0 radical (unpaired) electrons. The van der Waals surface area contributed by atoms with Gasteiger partial charge in [0, 0.05) is 27.1 Å². The Kier molecular flexibility index (Phi) is 18.8. The van der Waals surface area contributed by atoms with E-state index in [1.807, 2.05) is 0 Å². The monoisotopic (exact) mass is 420 g/mol. The van der Waals surface area contributed by atoms with Gasteiger partial charge in [-0.3, -0.25) is 4.79 Å². The summed E-state index contributed by atoms with van der Waals surface area (Å²) < 4.78 is 15.7. The van der Waals surface area contributed by atoms with Gasteiger partial charge in [-0.25, -0.2) is 0 Å². The summed E-state index contributed by atoms with van der Waals surface area (Å²) in [7, 11) is 3.18. The highest BCUT2D eigenvalue weighted by molar-refractivity contribution is 5.69. The number of carbonyl (C=O) groups excluding carboxylic acids is 1. The molecule has 0 aromatic heterocycles. The standard InChI is InChI=1S/C22H44O7/c1-4-5-9-13-20(27-2)19(25)17-21(28-3)18(24)12-10-7-6-8-11-14-22(26)29-16-15-23/h18-21,23-25H,4-17H2,1-3H3.